The number of rotatable bonds is 6. The summed E-state index contributed by atoms with van der Waals surface area (Å²) >= 11 is 3.42. The van der Waals surface area contributed by atoms with Gasteiger partial charge in [0.2, 0.25) is 0 Å². The molecule has 0 aromatic heterocycles. The number of piperidine rings is 1. The number of halogens is 1. The summed E-state index contributed by atoms with van der Waals surface area (Å²) in [5, 5.41) is 0. The highest BCUT2D eigenvalue weighted by Crippen LogP contribution is 2.22. The first kappa shape index (κ1) is 19.1. The van der Waals surface area contributed by atoms with Crippen LogP contribution in [0.15, 0.2) is 28.7 Å². The number of Topliss-reactive ketones (excluding diaryl/α,β-unsaturated/α-hetero) is 1. The zero-order valence-electron chi connectivity index (χ0n) is 15.3. The molecule has 2 heterocycles. The van der Waals surface area contributed by atoms with Crippen LogP contribution in [0.3, 0.4) is 0 Å². The number of carbonyl (C=O) groups excluding carboxylic acids is 1. The highest BCUT2D eigenvalue weighted by molar-refractivity contribution is 9.10. The second kappa shape index (κ2) is 9.84. The third-order valence-corrected chi connectivity index (χ3v) is 6.32. The van der Waals surface area contributed by atoms with E-state index in [9.17, 15) is 4.79 Å². The monoisotopic (exact) mass is 406 g/mol. The zero-order chi connectivity index (χ0) is 17.5. The van der Waals surface area contributed by atoms with E-state index in [0.717, 1.165) is 29.0 Å². The summed E-state index contributed by atoms with van der Waals surface area (Å²) in [7, 11) is 0. The minimum atomic E-state index is 0.246. The molecular weight excluding hydrogens is 376 g/mol. The van der Waals surface area contributed by atoms with Crippen molar-refractivity contribution in [2.24, 2.45) is 5.92 Å². The highest BCUT2D eigenvalue weighted by atomic mass is 79.9. The van der Waals surface area contributed by atoms with E-state index in [2.05, 4.69) is 25.7 Å². The van der Waals surface area contributed by atoms with Crippen molar-refractivity contribution in [2.75, 3.05) is 39.3 Å². The van der Waals surface area contributed by atoms with Crippen molar-refractivity contribution < 1.29 is 4.79 Å². The lowest BCUT2D eigenvalue weighted by Crippen LogP contribution is -2.38. The molecule has 2 saturated heterocycles. The Bertz CT molecular complexity index is 529. The predicted molar refractivity (Wildman–Crippen MR) is 107 cm³/mol. The summed E-state index contributed by atoms with van der Waals surface area (Å²) in [5.74, 6) is 1.10. The van der Waals surface area contributed by atoms with Gasteiger partial charge in [-0.15, -0.1) is 0 Å². The summed E-state index contributed by atoms with van der Waals surface area (Å²) in [6, 6.07) is 7.73. The summed E-state index contributed by atoms with van der Waals surface area (Å²) in [4.78, 5) is 17.4. The second-order valence-electron chi connectivity index (χ2n) is 7.69. The van der Waals surface area contributed by atoms with E-state index in [1.807, 2.05) is 24.3 Å². The van der Waals surface area contributed by atoms with Gasteiger partial charge in [-0.2, -0.15) is 0 Å². The first-order valence-corrected chi connectivity index (χ1v) is 10.7. The van der Waals surface area contributed by atoms with Gasteiger partial charge in [-0.3, -0.25) is 9.69 Å². The lowest BCUT2D eigenvalue weighted by Gasteiger charge is -2.32. The van der Waals surface area contributed by atoms with Crippen LogP contribution < -0.4 is 0 Å². The number of ketones is 1. The normalized spacial score (nSPS) is 21.2. The molecule has 0 amide bonds. The molecule has 0 saturated carbocycles. The van der Waals surface area contributed by atoms with Crippen molar-refractivity contribution in [3.63, 3.8) is 0 Å². The topological polar surface area (TPSA) is 23.6 Å². The average Bonchev–Trinajstić information content (AvgIpc) is 2.90. The SMILES string of the molecule is O=C(CN1CCC(CCN2CCCCCC2)CC1)c1ccc(Br)cc1. The molecule has 2 fully saturated rings. The van der Waals surface area contributed by atoms with E-state index in [4.69, 9.17) is 0 Å². The molecule has 4 heteroatoms. The Hall–Kier alpha value is -0.710. The number of hydrogen-bond acceptors (Lipinski definition) is 3. The van der Waals surface area contributed by atoms with Crippen LogP contribution in [0.1, 0.15) is 55.3 Å². The number of benzene rings is 1. The van der Waals surface area contributed by atoms with Crippen molar-refractivity contribution in [3.05, 3.63) is 34.3 Å². The van der Waals surface area contributed by atoms with Crippen LogP contribution in [-0.4, -0.2) is 54.9 Å². The second-order valence-corrected chi connectivity index (χ2v) is 8.61. The fourth-order valence-electron chi connectivity index (χ4n) is 4.09. The molecule has 0 unspecified atom stereocenters. The Morgan fingerprint density at radius 1 is 0.920 bits per heavy atom. The first-order valence-electron chi connectivity index (χ1n) is 9.94. The first-order chi connectivity index (χ1) is 12.2. The maximum Gasteiger partial charge on any atom is 0.176 e. The van der Waals surface area contributed by atoms with E-state index >= 15 is 0 Å². The highest BCUT2D eigenvalue weighted by Gasteiger charge is 2.22. The molecule has 2 aliphatic heterocycles. The van der Waals surface area contributed by atoms with Crippen LogP contribution in [0.25, 0.3) is 0 Å². The van der Waals surface area contributed by atoms with Crippen molar-refractivity contribution >= 4 is 21.7 Å². The third-order valence-electron chi connectivity index (χ3n) is 5.79. The third kappa shape index (κ3) is 6.19. The number of likely N-dealkylation sites (tertiary alicyclic amines) is 2. The average molecular weight is 407 g/mol. The standard InChI is InChI=1S/C21H31BrN2O/c22-20-7-5-19(6-8-20)21(25)17-24-15-10-18(11-16-24)9-14-23-12-3-1-2-4-13-23/h5-8,18H,1-4,9-17H2. The van der Waals surface area contributed by atoms with Crippen LogP contribution >= 0.6 is 15.9 Å². The Morgan fingerprint density at radius 3 is 2.20 bits per heavy atom. The largest absolute Gasteiger partial charge is 0.303 e. The van der Waals surface area contributed by atoms with Crippen molar-refractivity contribution in [2.45, 2.75) is 44.9 Å². The van der Waals surface area contributed by atoms with Gasteiger partial charge in [0.15, 0.2) is 5.78 Å². The Labute approximate surface area is 160 Å². The van der Waals surface area contributed by atoms with Crippen LogP contribution in [-0.2, 0) is 0 Å². The summed E-state index contributed by atoms with van der Waals surface area (Å²) < 4.78 is 1.02. The van der Waals surface area contributed by atoms with Gasteiger partial charge in [0.05, 0.1) is 6.54 Å². The van der Waals surface area contributed by atoms with Gasteiger partial charge in [-0.25, -0.2) is 0 Å². The number of hydrogen-bond donors (Lipinski definition) is 0. The van der Waals surface area contributed by atoms with E-state index < -0.39 is 0 Å². The molecule has 3 nitrogen and oxygen atoms in total. The van der Waals surface area contributed by atoms with Gasteiger partial charge < -0.3 is 4.90 Å². The summed E-state index contributed by atoms with van der Waals surface area (Å²) in [6.07, 6.45) is 9.45. The molecule has 1 aromatic rings. The molecule has 1 aromatic carbocycles. The lowest BCUT2D eigenvalue weighted by molar-refractivity contribution is 0.0888. The van der Waals surface area contributed by atoms with Crippen LogP contribution in [0.4, 0.5) is 0 Å². The maximum absolute atomic E-state index is 12.4. The fourth-order valence-corrected chi connectivity index (χ4v) is 4.35. The predicted octanol–water partition coefficient (Wildman–Crippen LogP) is 4.61. The molecule has 25 heavy (non-hydrogen) atoms. The van der Waals surface area contributed by atoms with Crippen molar-refractivity contribution in [1.82, 2.24) is 9.80 Å². The lowest BCUT2D eigenvalue weighted by atomic mass is 9.93. The van der Waals surface area contributed by atoms with Gasteiger partial charge in [0, 0.05) is 10.0 Å². The smallest absolute Gasteiger partial charge is 0.176 e. The molecule has 0 bridgehead atoms. The minimum absolute atomic E-state index is 0.246. The summed E-state index contributed by atoms with van der Waals surface area (Å²) in [5.41, 5.74) is 0.825. The van der Waals surface area contributed by atoms with Crippen LogP contribution in [0.2, 0.25) is 0 Å². The van der Waals surface area contributed by atoms with E-state index in [-0.39, 0.29) is 5.78 Å². The van der Waals surface area contributed by atoms with Gasteiger partial charge in [-0.1, -0.05) is 40.9 Å². The van der Waals surface area contributed by atoms with Crippen molar-refractivity contribution in [3.8, 4) is 0 Å². The maximum atomic E-state index is 12.4. The molecule has 0 aliphatic carbocycles. The molecule has 0 N–H and O–H groups in total. The molecular formula is C21H31BrN2O. The van der Waals surface area contributed by atoms with Crippen LogP contribution in [0.5, 0.6) is 0 Å². The van der Waals surface area contributed by atoms with E-state index in [0.29, 0.717) is 6.54 Å². The van der Waals surface area contributed by atoms with Crippen LogP contribution in [0, 0.1) is 5.92 Å². The van der Waals surface area contributed by atoms with Gasteiger partial charge >= 0.3 is 0 Å². The zero-order valence-corrected chi connectivity index (χ0v) is 16.8. The van der Waals surface area contributed by atoms with Gasteiger partial charge in [-0.05, 0) is 82.9 Å². The molecule has 3 rings (SSSR count). The Balaban J connectivity index is 1.36. The molecule has 0 atom stereocenters. The molecule has 2 aliphatic rings. The van der Waals surface area contributed by atoms with Crippen molar-refractivity contribution in [1.29, 1.82) is 0 Å². The number of carbonyl (C=O) groups is 1. The van der Waals surface area contributed by atoms with E-state index in [1.165, 1.54) is 64.6 Å². The Kier molecular flexibility index (Phi) is 7.50. The minimum Gasteiger partial charge on any atom is -0.303 e. The molecule has 0 radical (unpaired) electrons. The fraction of sp³-hybridized carbons (Fsp3) is 0.667. The summed E-state index contributed by atoms with van der Waals surface area (Å²) in [6.45, 7) is 6.61. The van der Waals surface area contributed by atoms with Gasteiger partial charge in [0.25, 0.3) is 0 Å². The number of nitrogens with zero attached hydrogens (tertiary/aromatic N) is 2. The quantitative estimate of drug-likeness (QED) is 0.644. The van der Waals surface area contributed by atoms with E-state index in [1.54, 1.807) is 0 Å². The van der Waals surface area contributed by atoms with Gasteiger partial charge in [0.1, 0.15) is 0 Å². The molecule has 0 spiro atoms. The Morgan fingerprint density at radius 2 is 1.56 bits per heavy atom. The molecule has 138 valence electrons.